The zero-order chi connectivity index (χ0) is 10.4. The number of nitrogens with zero attached hydrogens (tertiary/aromatic N) is 2. The molecular formula is C10H20N4. The van der Waals surface area contributed by atoms with Gasteiger partial charge in [0.1, 0.15) is 0 Å². The van der Waals surface area contributed by atoms with Crippen LogP contribution in [0.3, 0.4) is 0 Å². The highest BCUT2D eigenvalue weighted by molar-refractivity contribution is 4.99. The van der Waals surface area contributed by atoms with Gasteiger partial charge < -0.3 is 5.32 Å². The molecule has 0 saturated carbocycles. The van der Waals surface area contributed by atoms with Crippen molar-refractivity contribution in [3.8, 4) is 0 Å². The summed E-state index contributed by atoms with van der Waals surface area (Å²) >= 11 is 0. The summed E-state index contributed by atoms with van der Waals surface area (Å²) in [5, 5.41) is 14.1. The quantitative estimate of drug-likeness (QED) is 0.730. The van der Waals surface area contributed by atoms with E-state index >= 15 is 0 Å². The molecule has 1 aromatic rings. The average molecular weight is 196 g/mol. The number of hydrogen-bond donors (Lipinski definition) is 2. The molecule has 0 aliphatic rings. The summed E-state index contributed by atoms with van der Waals surface area (Å²) in [5.41, 5.74) is 1.02. The first kappa shape index (κ1) is 11.2. The van der Waals surface area contributed by atoms with E-state index < -0.39 is 0 Å². The molecule has 0 spiro atoms. The molecule has 0 radical (unpaired) electrons. The molecule has 2 N–H and O–H groups in total. The largest absolute Gasteiger partial charge is 0.309 e. The third kappa shape index (κ3) is 3.46. The summed E-state index contributed by atoms with van der Waals surface area (Å²) in [5.74, 6) is 0.668. The molecule has 4 nitrogen and oxygen atoms in total. The van der Waals surface area contributed by atoms with E-state index in [0.717, 1.165) is 25.1 Å². The smallest absolute Gasteiger partial charge is 0.0993 e. The van der Waals surface area contributed by atoms with Gasteiger partial charge in [-0.1, -0.05) is 20.8 Å². The number of H-pyrrole nitrogens is 1. The first-order chi connectivity index (χ1) is 6.74. The monoisotopic (exact) mass is 196 g/mol. The zero-order valence-electron chi connectivity index (χ0n) is 9.25. The van der Waals surface area contributed by atoms with E-state index in [0.29, 0.717) is 12.0 Å². The Hall–Kier alpha value is -0.900. The SMILES string of the molecule is CCCNC(CC(C)C)c1cn[nH]n1. The van der Waals surface area contributed by atoms with Gasteiger partial charge in [0, 0.05) is 0 Å². The number of rotatable bonds is 6. The van der Waals surface area contributed by atoms with E-state index in [9.17, 15) is 0 Å². The summed E-state index contributed by atoms with van der Waals surface area (Å²) in [6.45, 7) is 7.65. The third-order valence-corrected chi connectivity index (χ3v) is 2.14. The van der Waals surface area contributed by atoms with Crippen LogP contribution in [0.15, 0.2) is 6.20 Å². The van der Waals surface area contributed by atoms with E-state index in [4.69, 9.17) is 0 Å². The van der Waals surface area contributed by atoms with Gasteiger partial charge in [-0.2, -0.15) is 15.4 Å². The highest BCUT2D eigenvalue weighted by atomic mass is 15.3. The zero-order valence-corrected chi connectivity index (χ0v) is 9.25. The van der Waals surface area contributed by atoms with Crippen molar-refractivity contribution < 1.29 is 0 Å². The molecule has 1 atom stereocenters. The molecule has 0 bridgehead atoms. The van der Waals surface area contributed by atoms with Crippen molar-refractivity contribution in [2.24, 2.45) is 5.92 Å². The Kier molecular flexibility index (Phi) is 4.59. The minimum Gasteiger partial charge on any atom is -0.309 e. The first-order valence-electron chi connectivity index (χ1n) is 5.33. The molecule has 14 heavy (non-hydrogen) atoms. The van der Waals surface area contributed by atoms with Crippen molar-refractivity contribution in [1.29, 1.82) is 0 Å². The Balaban J connectivity index is 2.53. The molecule has 0 saturated heterocycles. The van der Waals surface area contributed by atoms with Crippen LogP contribution in [-0.4, -0.2) is 22.0 Å². The number of aromatic amines is 1. The summed E-state index contributed by atoms with van der Waals surface area (Å²) in [4.78, 5) is 0. The first-order valence-corrected chi connectivity index (χ1v) is 5.33. The Bertz CT molecular complexity index is 230. The fraction of sp³-hybridized carbons (Fsp3) is 0.800. The normalized spacial score (nSPS) is 13.4. The van der Waals surface area contributed by atoms with Crippen LogP contribution in [-0.2, 0) is 0 Å². The molecule has 1 rings (SSSR count). The highest BCUT2D eigenvalue weighted by Gasteiger charge is 2.14. The molecule has 4 heteroatoms. The number of nitrogens with one attached hydrogen (secondary N) is 2. The number of hydrogen-bond acceptors (Lipinski definition) is 3. The van der Waals surface area contributed by atoms with Gasteiger partial charge in [-0.3, -0.25) is 0 Å². The molecular weight excluding hydrogens is 176 g/mol. The van der Waals surface area contributed by atoms with Crippen LogP contribution in [0.4, 0.5) is 0 Å². The third-order valence-electron chi connectivity index (χ3n) is 2.14. The summed E-state index contributed by atoms with van der Waals surface area (Å²) in [6, 6.07) is 0.341. The van der Waals surface area contributed by atoms with Gasteiger partial charge in [-0.25, -0.2) is 0 Å². The van der Waals surface area contributed by atoms with E-state index in [1.807, 2.05) is 0 Å². The van der Waals surface area contributed by atoms with Crippen molar-refractivity contribution in [1.82, 2.24) is 20.7 Å². The van der Waals surface area contributed by atoms with E-state index in [1.54, 1.807) is 6.20 Å². The van der Waals surface area contributed by atoms with Crippen LogP contribution in [0, 0.1) is 5.92 Å². The maximum absolute atomic E-state index is 4.12. The molecule has 1 heterocycles. The Morgan fingerprint density at radius 3 is 2.79 bits per heavy atom. The topological polar surface area (TPSA) is 53.6 Å². The minimum absolute atomic E-state index is 0.341. The summed E-state index contributed by atoms with van der Waals surface area (Å²) < 4.78 is 0. The lowest BCUT2D eigenvalue weighted by Crippen LogP contribution is -2.23. The summed E-state index contributed by atoms with van der Waals surface area (Å²) in [6.07, 6.45) is 4.05. The van der Waals surface area contributed by atoms with Gasteiger partial charge in [0.15, 0.2) is 0 Å². The second-order valence-electron chi connectivity index (χ2n) is 4.03. The van der Waals surface area contributed by atoms with Crippen molar-refractivity contribution >= 4 is 0 Å². The molecule has 1 unspecified atom stereocenters. The predicted molar refractivity (Wildman–Crippen MR) is 56.9 cm³/mol. The standard InChI is InChI=1S/C10H20N4/c1-4-5-11-9(6-8(2)3)10-7-12-14-13-10/h7-9,11H,4-6H2,1-3H3,(H,12,13,14). The van der Waals surface area contributed by atoms with Crippen molar-refractivity contribution in [3.05, 3.63) is 11.9 Å². The lowest BCUT2D eigenvalue weighted by Gasteiger charge is -2.17. The van der Waals surface area contributed by atoms with Gasteiger partial charge in [-0.05, 0) is 25.3 Å². The second kappa shape index (κ2) is 5.75. The maximum Gasteiger partial charge on any atom is 0.0993 e. The predicted octanol–water partition coefficient (Wildman–Crippen LogP) is 1.89. The van der Waals surface area contributed by atoms with Crippen LogP contribution in [0.2, 0.25) is 0 Å². The van der Waals surface area contributed by atoms with Crippen LogP contribution >= 0.6 is 0 Å². The molecule has 0 aromatic carbocycles. The van der Waals surface area contributed by atoms with Crippen LogP contribution < -0.4 is 5.32 Å². The second-order valence-corrected chi connectivity index (χ2v) is 4.03. The Morgan fingerprint density at radius 1 is 1.50 bits per heavy atom. The molecule has 0 fully saturated rings. The van der Waals surface area contributed by atoms with E-state index in [1.165, 1.54) is 0 Å². The van der Waals surface area contributed by atoms with E-state index in [-0.39, 0.29) is 0 Å². The van der Waals surface area contributed by atoms with Gasteiger partial charge in [-0.15, -0.1) is 0 Å². The van der Waals surface area contributed by atoms with Crippen molar-refractivity contribution in [2.45, 2.75) is 39.7 Å². The van der Waals surface area contributed by atoms with Gasteiger partial charge in [0.2, 0.25) is 0 Å². The van der Waals surface area contributed by atoms with Gasteiger partial charge in [0.25, 0.3) is 0 Å². The molecule has 0 aliphatic carbocycles. The number of aromatic nitrogens is 3. The average Bonchev–Trinajstić information content (AvgIpc) is 2.64. The lowest BCUT2D eigenvalue weighted by molar-refractivity contribution is 0.422. The fourth-order valence-electron chi connectivity index (χ4n) is 1.48. The van der Waals surface area contributed by atoms with Crippen molar-refractivity contribution in [3.63, 3.8) is 0 Å². The molecule has 0 amide bonds. The Labute approximate surface area is 85.5 Å². The van der Waals surface area contributed by atoms with Gasteiger partial charge in [0.05, 0.1) is 17.9 Å². The fourth-order valence-corrected chi connectivity index (χ4v) is 1.48. The van der Waals surface area contributed by atoms with Crippen LogP contribution in [0.5, 0.6) is 0 Å². The lowest BCUT2D eigenvalue weighted by atomic mass is 10.0. The van der Waals surface area contributed by atoms with Crippen LogP contribution in [0.25, 0.3) is 0 Å². The molecule has 1 aromatic heterocycles. The van der Waals surface area contributed by atoms with Gasteiger partial charge >= 0.3 is 0 Å². The summed E-state index contributed by atoms with van der Waals surface area (Å²) in [7, 11) is 0. The maximum atomic E-state index is 4.12. The van der Waals surface area contributed by atoms with Crippen molar-refractivity contribution in [2.75, 3.05) is 6.54 Å². The van der Waals surface area contributed by atoms with E-state index in [2.05, 4.69) is 41.5 Å². The molecule has 80 valence electrons. The minimum atomic E-state index is 0.341. The Morgan fingerprint density at radius 2 is 2.29 bits per heavy atom. The van der Waals surface area contributed by atoms with Crippen LogP contribution in [0.1, 0.15) is 45.3 Å². The highest BCUT2D eigenvalue weighted by Crippen LogP contribution is 2.18. The molecule has 0 aliphatic heterocycles.